The van der Waals surface area contributed by atoms with Gasteiger partial charge in [-0.25, -0.2) is 4.98 Å². The third-order valence-electron chi connectivity index (χ3n) is 7.92. The average molecular weight is 640 g/mol. The van der Waals surface area contributed by atoms with Crippen molar-refractivity contribution in [3.05, 3.63) is 60.0 Å². The Morgan fingerprint density at radius 1 is 1.00 bits per heavy atom. The van der Waals surface area contributed by atoms with Crippen LogP contribution in [0.1, 0.15) is 30.7 Å². The summed E-state index contributed by atoms with van der Waals surface area (Å²) in [6.45, 7) is 4.79. The second-order valence-electron chi connectivity index (χ2n) is 10.8. The molecule has 3 N–H and O–H groups in total. The predicted octanol–water partition coefficient (Wildman–Crippen LogP) is 4.31. The minimum atomic E-state index is -5.84. The van der Waals surface area contributed by atoms with E-state index in [9.17, 15) is 13.2 Å². The fourth-order valence-corrected chi connectivity index (χ4v) is 6.62. The van der Waals surface area contributed by atoms with E-state index in [0.29, 0.717) is 12.1 Å². The molecule has 1 aromatic carbocycles. The number of fused-ring (bicyclic) bond motifs is 1. The number of hydrogen-bond acceptors (Lipinski definition) is 9. The van der Waals surface area contributed by atoms with Gasteiger partial charge in [-0.05, 0) is 43.5 Å². The minimum absolute atomic E-state index is 0.401. The summed E-state index contributed by atoms with van der Waals surface area (Å²) in [6, 6.07) is 15.9. The molecule has 43 heavy (non-hydrogen) atoms. The van der Waals surface area contributed by atoms with E-state index in [2.05, 4.69) is 80.7 Å². The highest BCUT2D eigenvalue weighted by Crippen LogP contribution is 2.38. The molecule has 0 unspecified atom stereocenters. The predicted molar refractivity (Wildman–Crippen MR) is 162 cm³/mol. The van der Waals surface area contributed by atoms with Crippen molar-refractivity contribution in [2.45, 2.75) is 54.7 Å². The summed E-state index contributed by atoms with van der Waals surface area (Å²) in [5.41, 5.74) is -1.69. The van der Waals surface area contributed by atoms with Crippen LogP contribution in [0.15, 0.2) is 53.6 Å². The lowest BCUT2D eigenvalue weighted by Gasteiger charge is -2.36. The zero-order chi connectivity index (χ0) is 30.6. The normalized spacial score (nSPS) is 20.5. The number of nitrogens with zero attached hydrogens (tertiary/aromatic N) is 5. The number of halogens is 3. The average Bonchev–Trinajstić information content (AvgIpc) is 3.73. The second-order valence-corrected chi connectivity index (χ2v) is 13.3. The van der Waals surface area contributed by atoms with Crippen LogP contribution in [-0.4, -0.2) is 77.0 Å². The molecule has 0 bridgehead atoms. The highest BCUT2D eigenvalue weighted by atomic mass is 32.2. The first-order chi connectivity index (χ1) is 20.5. The Labute approximate surface area is 253 Å². The summed E-state index contributed by atoms with van der Waals surface area (Å²) < 4.78 is 59.7. The molecule has 3 aromatic rings. The topological polar surface area (TPSA) is 116 Å². The molecule has 15 heteroatoms. The van der Waals surface area contributed by atoms with Gasteiger partial charge in [0.2, 0.25) is 5.95 Å². The summed E-state index contributed by atoms with van der Waals surface area (Å²) in [5.74, 6) is 3.05. The highest BCUT2D eigenvalue weighted by Gasteiger charge is 2.44. The highest BCUT2D eigenvalue weighted by molar-refractivity contribution is 7.99. The number of anilines is 3. The molecule has 10 nitrogen and oxygen atoms in total. The molecule has 1 saturated heterocycles. The molecular weight excluding hydrogens is 603 g/mol. The zero-order valence-electron chi connectivity index (χ0n) is 23.8. The van der Waals surface area contributed by atoms with Gasteiger partial charge >= 0.3 is 15.6 Å². The molecular formula is C28H36F3N7O3S2. The number of para-hydroxylation sites is 1. The Bertz CT molecular complexity index is 1480. The number of aryl methyl sites for hydroxylation is 2. The lowest BCUT2D eigenvalue weighted by atomic mass is 10.1. The summed E-state index contributed by atoms with van der Waals surface area (Å²) in [6.07, 6.45) is 6.78. The number of rotatable bonds is 7. The maximum atomic E-state index is 10.7. The van der Waals surface area contributed by atoms with E-state index in [4.69, 9.17) is 22.9 Å². The Hall–Kier alpha value is -3.01. The van der Waals surface area contributed by atoms with E-state index in [0.717, 1.165) is 56.7 Å². The number of nitrogens with one attached hydrogen (secondary N) is 2. The number of piperazine rings is 1. The molecule has 4 heterocycles. The van der Waals surface area contributed by atoms with E-state index < -0.39 is 15.6 Å². The van der Waals surface area contributed by atoms with Crippen molar-refractivity contribution in [2.24, 2.45) is 7.05 Å². The van der Waals surface area contributed by atoms with Gasteiger partial charge < -0.3 is 25.0 Å². The van der Waals surface area contributed by atoms with Gasteiger partial charge in [0.25, 0.3) is 0 Å². The number of benzene rings is 1. The van der Waals surface area contributed by atoms with Crippen molar-refractivity contribution < 1.29 is 26.1 Å². The van der Waals surface area contributed by atoms with Crippen LogP contribution >= 0.6 is 11.8 Å². The number of thioether (sulfide) groups is 1. The smallest absolute Gasteiger partial charge is 0.368 e. The standard InChI is InChI=1S/C27H35N7S.CHF3O3S/c1-32-13-6-9-21(32)19-28-22-10-5-11-23(22)29-26-25-24(12-18-35-25)30-27(31-26)34-16-14-33(15-17-34)20-7-3-2-4-8-20;2-1(3,4)8(5,6)7/h2-4,6-9,13,22-23,28H,5,10-12,14-19H2,1H3,(H,29,30,31);(H,5,6,7)/t22-,23-;/m0./s1. The third kappa shape index (κ3) is 7.75. The van der Waals surface area contributed by atoms with Crippen LogP contribution in [0.25, 0.3) is 0 Å². The van der Waals surface area contributed by atoms with E-state index in [1.807, 2.05) is 11.8 Å². The van der Waals surface area contributed by atoms with Gasteiger partial charge in [-0.3, -0.25) is 4.55 Å². The summed E-state index contributed by atoms with van der Waals surface area (Å²) >= 11 is 1.91. The molecule has 2 aliphatic heterocycles. The first-order valence-corrected chi connectivity index (χ1v) is 16.6. The SMILES string of the molecule is Cn1cccc1CN[C@H]1CCC[C@@H]1Nc1nc(N2CCN(c3ccccc3)CC2)nc2c1SCC2.O=S(=O)(O)C(F)(F)F. The lowest BCUT2D eigenvalue weighted by Crippen LogP contribution is -2.47. The quantitative estimate of drug-likeness (QED) is 0.255. The number of aromatic nitrogens is 3. The van der Waals surface area contributed by atoms with E-state index in [-0.39, 0.29) is 0 Å². The molecule has 234 valence electrons. The molecule has 0 amide bonds. The van der Waals surface area contributed by atoms with Crippen molar-refractivity contribution in [3.8, 4) is 0 Å². The fourth-order valence-electron chi connectivity index (χ4n) is 5.57. The Balaban J connectivity index is 0.000000407. The molecule has 0 radical (unpaired) electrons. The maximum absolute atomic E-state index is 10.7. The molecule has 2 fully saturated rings. The van der Waals surface area contributed by atoms with Crippen LogP contribution < -0.4 is 20.4 Å². The Morgan fingerprint density at radius 3 is 2.33 bits per heavy atom. The van der Waals surface area contributed by atoms with E-state index in [1.54, 1.807) is 0 Å². The Kier molecular flexibility index (Phi) is 9.73. The van der Waals surface area contributed by atoms with E-state index in [1.165, 1.54) is 41.2 Å². The molecule has 0 spiro atoms. The van der Waals surface area contributed by atoms with Crippen LogP contribution in [0.5, 0.6) is 0 Å². The van der Waals surface area contributed by atoms with Crippen molar-refractivity contribution in [3.63, 3.8) is 0 Å². The van der Waals surface area contributed by atoms with Gasteiger partial charge in [-0.2, -0.15) is 26.6 Å². The van der Waals surface area contributed by atoms with Gasteiger partial charge in [0.1, 0.15) is 5.82 Å². The number of hydrogen-bond donors (Lipinski definition) is 3. The first-order valence-electron chi connectivity index (χ1n) is 14.2. The van der Waals surface area contributed by atoms with Gasteiger partial charge in [0, 0.05) is 81.6 Å². The third-order valence-corrected chi connectivity index (χ3v) is 9.63. The molecule has 1 saturated carbocycles. The largest absolute Gasteiger partial charge is 0.522 e. The molecule has 1 aliphatic carbocycles. The minimum Gasteiger partial charge on any atom is -0.368 e. The van der Waals surface area contributed by atoms with Gasteiger partial charge in [0.15, 0.2) is 0 Å². The van der Waals surface area contributed by atoms with Crippen molar-refractivity contribution in [1.29, 1.82) is 0 Å². The zero-order valence-corrected chi connectivity index (χ0v) is 25.4. The van der Waals surface area contributed by atoms with Crippen molar-refractivity contribution >= 4 is 39.3 Å². The van der Waals surface area contributed by atoms with Crippen molar-refractivity contribution in [2.75, 3.05) is 47.0 Å². The van der Waals surface area contributed by atoms with E-state index >= 15 is 0 Å². The summed E-state index contributed by atoms with van der Waals surface area (Å²) in [5, 5.41) is 7.68. The fraction of sp³-hybridized carbons (Fsp3) is 0.500. The maximum Gasteiger partial charge on any atom is 0.522 e. The van der Waals surface area contributed by atoms with Crippen LogP contribution in [-0.2, 0) is 30.1 Å². The second kappa shape index (κ2) is 13.3. The van der Waals surface area contributed by atoms with Gasteiger partial charge in [-0.15, -0.1) is 11.8 Å². The number of alkyl halides is 3. The molecule has 3 aliphatic rings. The van der Waals surface area contributed by atoms with Crippen LogP contribution in [0.4, 0.5) is 30.6 Å². The van der Waals surface area contributed by atoms with Crippen molar-refractivity contribution in [1.82, 2.24) is 19.9 Å². The van der Waals surface area contributed by atoms with Gasteiger partial charge in [0.05, 0.1) is 10.6 Å². The van der Waals surface area contributed by atoms with Crippen LogP contribution in [0.3, 0.4) is 0 Å². The molecule has 2 aromatic heterocycles. The van der Waals surface area contributed by atoms with Crippen LogP contribution in [0.2, 0.25) is 0 Å². The lowest BCUT2D eigenvalue weighted by molar-refractivity contribution is -0.0510. The molecule has 2 atom stereocenters. The molecule has 6 rings (SSSR count). The summed E-state index contributed by atoms with van der Waals surface area (Å²) in [7, 11) is -3.73. The monoisotopic (exact) mass is 639 g/mol. The summed E-state index contributed by atoms with van der Waals surface area (Å²) in [4.78, 5) is 16.2. The van der Waals surface area contributed by atoms with Crippen LogP contribution in [0, 0.1) is 0 Å². The Morgan fingerprint density at radius 2 is 1.67 bits per heavy atom. The van der Waals surface area contributed by atoms with Gasteiger partial charge in [-0.1, -0.05) is 18.2 Å². The first kappa shape index (κ1) is 31.4.